The number of sulfonamides is 1. The lowest BCUT2D eigenvalue weighted by atomic mass is 10.0. The summed E-state index contributed by atoms with van der Waals surface area (Å²) >= 11 is 0. The molecule has 108 valence electrons. The highest BCUT2D eigenvalue weighted by Crippen LogP contribution is 2.62. The molecule has 0 aromatic heterocycles. The molecule has 5 heteroatoms. The van der Waals surface area contributed by atoms with Crippen molar-refractivity contribution in [1.29, 1.82) is 0 Å². The number of hydrogen-bond donors (Lipinski definition) is 2. The lowest BCUT2D eigenvalue weighted by Crippen LogP contribution is -2.33. The van der Waals surface area contributed by atoms with Gasteiger partial charge in [0.2, 0.25) is 10.0 Å². The first kappa shape index (κ1) is 15.9. The molecule has 1 aliphatic rings. The van der Waals surface area contributed by atoms with E-state index in [1.165, 1.54) is 0 Å². The van der Waals surface area contributed by atoms with Crippen molar-refractivity contribution in [3.63, 3.8) is 0 Å². The molecule has 0 atom stereocenters. The molecule has 2 N–H and O–H groups in total. The van der Waals surface area contributed by atoms with Crippen LogP contribution in [0.25, 0.3) is 0 Å². The minimum absolute atomic E-state index is 0.0561. The minimum Gasteiger partial charge on any atom is -0.317 e. The lowest BCUT2D eigenvalue weighted by Gasteiger charge is -2.08. The quantitative estimate of drug-likeness (QED) is 0.664. The Balaban J connectivity index is 2.34. The van der Waals surface area contributed by atoms with Gasteiger partial charge in [0.25, 0.3) is 0 Å². The largest absolute Gasteiger partial charge is 0.317 e. The van der Waals surface area contributed by atoms with Gasteiger partial charge in [0.15, 0.2) is 0 Å². The van der Waals surface area contributed by atoms with Gasteiger partial charge < -0.3 is 5.32 Å². The molecule has 0 heterocycles. The van der Waals surface area contributed by atoms with Gasteiger partial charge in [-0.25, -0.2) is 13.1 Å². The summed E-state index contributed by atoms with van der Waals surface area (Å²) in [6, 6.07) is 0.0681. The van der Waals surface area contributed by atoms with Crippen molar-refractivity contribution in [2.45, 2.75) is 53.5 Å². The van der Waals surface area contributed by atoms with E-state index in [0.717, 1.165) is 19.5 Å². The summed E-state index contributed by atoms with van der Waals surface area (Å²) in [6.45, 7) is 12.3. The first-order chi connectivity index (χ1) is 8.15. The molecule has 0 bridgehead atoms. The Bertz CT molecular complexity index is 360. The van der Waals surface area contributed by atoms with E-state index in [0.29, 0.717) is 6.42 Å². The molecule has 0 radical (unpaired) electrons. The molecule has 0 aromatic rings. The number of nitrogens with one attached hydrogen (secondary N) is 2. The molecule has 1 aliphatic carbocycles. The van der Waals surface area contributed by atoms with E-state index in [4.69, 9.17) is 0 Å². The second-order valence-electron chi connectivity index (χ2n) is 6.42. The van der Waals surface area contributed by atoms with Crippen molar-refractivity contribution in [1.82, 2.24) is 10.0 Å². The fourth-order valence-electron chi connectivity index (χ4n) is 2.42. The maximum absolute atomic E-state index is 12.0. The molecule has 1 rings (SSSR count). The van der Waals surface area contributed by atoms with Gasteiger partial charge in [0, 0.05) is 6.04 Å². The van der Waals surface area contributed by atoms with Gasteiger partial charge in [0.1, 0.15) is 0 Å². The Morgan fingerprint density at radius 3 is 2.06 bits per heavy atom. The lowest BCUT2D eigenvalue weighted by molar-refractivity contribution is 0.457. The molecular weight excluding hydrogens is 248 g/mol. The summed E-state index contributed by atoms with van der Waals surface area (Å²) in [6.07, 6.45) is 1.75. The van der Waals surface area contributed by atoms with Gasteiger partial charge in [-0.1, -0.05) is 34.6 Å². The van der Waals surface area contributed by atoms with Crippen LogP contribution in [0, 0.1) is 10.8 Å². The molecule has 1 saturated carbocycles. The van der Waals surface area contributed by atoms with E-state index in [1.54, 1.807) is 0 Å². The summed E-state index contributed by atoms with van der Waals surface area (Å²) in [7, 11) is -3.14. The van der Waals surface area contributed by atoms with Crippen LogP contribution in [0.2, 0.25) is 0 Å². The number of rotatable bonds is 8. The molecule has 18 heavy (non-hydrogen) atoms. The van der Waals surface area contributed by atoms with Crippen molar-refractivity contribution in [2.24, 2.45) is 10.8 Å². The molecule has 0 unspecified atom stereocenters. The van der Waals surface area contributed by atoms with Crippen LogP contribution in [0.4, 0.5) is 0 Å². The highest BCUT2D eigenvalue weighted by Gasteiger charge is 2.65. The predicted octanol–water partition coefficient (Wildman–Crippen LogP) is 1.73. The Hall–Kier alpha value is -0.130. The molecule has 0 saturated heterocycles. The maximum atomic E-state index is 12.0. The normalized spacial score (nSPS) is 22.1. The van der Waals surface area contributed by atoms with Crippen LogP contribution in [0.3, 0.4) is 0 Å². The Morgan fingerprint density at radius 2 is 1.61 bits per heavy atom. The second kappa shape index (κ2) is 5.47. The van der Waals surface area contributed by atoms with Crippen LogP contribution in [-0.4, -0.2) is 33.3 Å². The van der Waals surface area contributed by atoms with Gasteiger partial charge >= 0.3 is 0 Å². The summed E-state index contributed by atoms with van der Waals surface area (Å²) in [5.41, 5.74) is 0.112. The van der Waals surface area contributed by atoms with Crippen molar-refractivity contribution in [3.05, 3.63) is 0 Å². The average Bonchev–Trinajstić information content (AvgIpc) is 2.60. The van der Waals surface area contributed by atoms with Crippen LogP contribution in [-0.2, 0) is 10.0 Å². The fraction of sp³-hybridized carbons (Fsp3) is 1.00. The van der Waals surface area contributed by atoms with Crippen molar-refractivity contribution in [3.8, 4) is 0 Å². The molecule has 0 aliphatic heterocycles. The zero-order valence-electron chi connectivity index (χ0n) is 12.3. The molecule has 4 nitrogen and oxygen atoms in total. The zero-order valence-corrected chi connectivity index (χ0v) is 13.2. The zero-order chi connectivity index (χ0) is 14.0. The first-order valence-electron chi connectivity index (χ1n) is 6.86. The molecule has 0 spiro atoms. The van der Waals surface area contributed by atoms with E-state index in [-0.39, 0.29) is 22.6 Å². The predicted molar refractivity (Wildman–Crippen MR) is 76.1 cm³/mol. The highest BCUT2D eigenvalue weighted by atomic mass is 32.2. The van der Waals surface area contributed by atoms with E-state index in [1.807, 2.05) is 0 Å². The Morgan fingerprint density at radius 1 is 1.06 bits per heavy atom. The van der Waals surface area contributed by atoms with Gasteiger partial charge in [0.05, 0.1) is 5.75 Å². The summed E-state index contributed by atoms with van der Waals surface area (Å²) in [5.74, 6) is 0.215. The van der Waals surface area contributed by atoms with Crippen LogP contribution in [0.1, 0.15) is 47.5 Å². The molecule has 0 amide bonds. The minimum atomic E-state index is -3.14. The van der Waals surface area contributed by atoms with Gasteiger partial charge in [-0.3, -0.25) is 0 Å². The number of hydrogen-bond acceptors (Lipinski definition) is 3. The van der Waals surface area contributed by atoms with Crippen molar-refractivity contribution < 1.29 is 8.42 Å². The topological polar surface area (TPSA) is 58.2 Å². The molecular formula is C13H28N2O2S. The maximum Gasteiger partial charge on any atom is 0.211 e. The molecule has 0 aromatic carbocycles. The second-order valence-corrected chi connectivity index (χ2v) is 8.29. The standard InChI is InChI=1S/C13H28N2O2S/c1-6-8-14-9-7-10-18(16,17)15-11-12(2,3)13(11,4)5/h11,14-15H,6-10H2,1-5H3. The SMILES string of the molecule is CCCNCCCS(=O)(=O)NC1C(C)(C)C1(C)C. The summed E-state index contributed by atoms with van der Waals surface area (Å²) < 4.78 is 26.7. The van der Waals surface area contributed by atoms with E-state index in [9.17, 15) is 8.42 Å². The summed E-state index contributed by atoms with van der Waals surface area (Å²) in [5, 5.41) is 3.22. The Labute approximate surface area is 112 Å². The summed E-state index contributed by atoms with van der Waals surface area (Å²) in [4.78, 5) is 0. The third kappa shape index (κ3) is 3.45. The van der Waals surface area contributed by atoms with E-state index >= 15 is 0 Å². The highest BCUT2D eigenvalue weighted by molar-refractivity contribution is 7.89. The average molecular weight is 276 g/mol. The monoisotopic (exact) mass is 276 g/mol. The van der Waals surface area contributed by atoms with E-state index in [2.05, 4.69) is 44.7 Å². The Kier molecular flexibility index (Phi) is 4.84. The van der Waals surface area contributed by atoms with Gasteiger partial charge in [-0.05, 0) is 36.8 Å². The third-order valence-corrected chi connectivity index (χ3v) is 5.93. The van der Waals surface area contributed by atoms with Gasteiger partial charge in [-0.15, -0.1) is 0 Å². The van der Waals surface area contributed by atoms with Crippen LogP contribution >= 0.6 is 0 Å². The molecule has 1 fully saturated rings. The van der Waals surface area contributed by atoms with E-state index < -0.39 is 10.0 Å². The smallest absolute Gasteiger partial charge is 0.211 e. The third-order valence-electron chi connectivity index (χ3n) is 4.51. The first-order valence-corrected chi connectivity index (χ1v) is 8.51. The van der Waals surface area contributed by atoms with Crippen LogP contribution in [0.15, 0.2) is 0 Å². The van der Waals surface area contributed by atoms with Gasteiger partial charge in [-0.2, -0.15) is 0 Å². The van der Waals surface area contributed by atoms with Crippen LogP contribution < -0.4 is 10.0 Å². The van der Waals surface area contributed by atoms with Crippen molar-refractivity contribution in [2.75, 3.05) is 18.8 Å². The van der Waals surface area contributed by atoms with Crippen LogP contribution in [0.5, 0.6) is 0 Å². The van der Waals surface area contributed by atoms with Crippen molar-refractivity contribution >= 4 is 10.0 Å². The fourth-order valence-corrected chi connectivity index (χ4v) is 4.01.